The summed E-state index contributed by atoms with van der Waals surface area (Å²) < 4.78 is 1.79. The lowest BCUT2D eigenvalue weighted by molar-refractivity contribution is 0.773. The zero-order valence-electron chi connectivity index (χ0n) is 13.4. The molecule has 0 saturated carbocycles. The van der Waals surface area contributed by atoms with Gasteiger partial charge in [0.15, 0.2) is 5.65 Å². The van der Waals surface area contributed by atoms with Crippen LogP contribution in [-0.2, 0) is 6.42 Å². The van der Waals surface area contributed by atoms with Crippen LogP contribution in [0.15, 0.2) is 42.6 Å². The van der Waals surface area contributed by atoms with Crippen molar-refractivity contribution in [3.8, 4) is 0 Å². The predicted octanol–water partition coefficient (Wildman–Crippen LogP) is 4.17. The minimum atomic E-state index is 0.689. The summed E-state index contributed by atoms with van der Waals surface area (Å²) in [6.45, 7) is 4.25. The van der Waals surface area contributed by atoms with Gasteiger partial charge in [-0.2, -0.15) is 9.61 Å². The fourth-order valence-corrected chi connectivity index (χ4v) is 2.67. The number of nitrogens with zero attached hydrogens (tertiary/aromatic N) is 3. The fraction of sp³-hybridized carbons (Fsp3) is 0.278. The third-order valence-corrected chi connectivity index (χ3v) is 4.09. The van der Waals surface area contributed by atoms with E-state index in [1.807, 2.05) is 24.3 Å². The summed E-state index contributed by atoms with van der Waals surface area (Å²) in [5.74, 6) is 0.858. The largest absolute Gasteiger partial charge is 0.331 e. The number of nitrogens with one attached hydrogen (secondary N) is 1. The molecule has 5 heteroatoms. The van der Waals surface area contributed by atoms with Crippen LogP contribution < -0.4 is 5.32 Å². The van der Waals surface area contributed by atoms with Crippen molar-refractivity contribution in [2.75, 3.05) is 5.32 Å². The molecule has 0 atom stereocenters. The molecule has 1 N–H and O–H groups in total. The Balaban J connectivity index is 1.90. The van der Waals surface area contributed by atoms with Crippen molar-refractivity contribution < 1.29 is 0 Å². The topological polar surface area (TPSA) is 42.2 Å². The number of benzene rings is 1. The van der Waals surface area contributed by atoms with E-state index >= 15 is 0 Å². The summed E-state index contributed by atoms with van der Waals surface area (Å²) in [6, 6.07) is 12.1. The highest BCUT2D eigenvalue weighted by atomic mass is 32.1. The van der Waals surface area contributed by atoms with Crippen molar-refractivity contribution in [3.05, 3.63) is 59.4 Å². The molecule has 0 amide bonds. The number of fused-ring (bicyclic) bond motifs is 1. The second-order valence-electron chi connectivity index (χ2n) is 5.66. The Bertz CT molecular complexity index is 821. The van der Waals surface area contributed by atoms with Crippen molar-refractivity contribution in [3.63, 3.8) is 0 Å². The van der Waals surface area contributed by atoms with Crippen LogP contribution in [0.2, 0.25) is 0 Å². The average molecular weight is 324 g/mol. The van der Waals surface area contributed by atoms with Crippen LogP contribution in [0, 0.1) is 6.92 Å². The first-order valence-electron chi connectivity index (χ1n) is 7.89. The number of unbranched alkanes of at least 4 members (excludes halogenated alkanes) is 1. The highest BCUT2D eigenvalue weighted by molar-refractivity contribution is 7.81. The molecule has 0 aliphatic carbocycles. The predicted molar refractivity (Wildman–Crippen MR) is 98.1 cm³/mol. The van der Waals surface area contributed by atoms with Gasteiger partial charge >= 0.3 is 0 Å². The van der Waals surface area contributed by atoms with Crippen molar-refractivity contribution in [2.45, 2.75) is 33.1 Å². The van der Waals surface area contributed by atoms with Gasteiger partial charge in [-0.3, -0.25) is 0 Å². The van der Waals surface area contributed by atoms with Crippen LogP contribution in [0.5, 0.6) is 0 Å². The van der Waals surface area contributed by atoms with Crippen LogP contribution in [0.1, 0.15) is 36.6 Å². The van der Waals surface area contributed by atoms with E-state index in [0.29, 0.717) is 4.99 Å². The molecule has 0 spiro atoms. The number of thiocarbonyl (C=S) groups is 1. The summed E-state index contributed by atoms with van der Waals surface area (Å²) >= 11 is 5.54. The van der Waals surface area contributed by atoms with E-state index in [2.05, 4.69) is 41.4 Å². The van der Waals surface area contributed by atoms with Crippen molar-refractivity contribution >= 4 is 28.7 Å². The maximum atomic E-state index is 5.54. The maximum Gasteiger partial charge on any atom is 0.157 e. The van der Waals surface area contributed by atoms with Crippen LogP contribution >= 0.6 is 12.2 Å². The lowest BCUT2D eigenvalue weighted by Gasteiger charge is -2.11. The Labute approximate surface area is 141 Å². The number of hydrogen-bond acceptors (Lipinski definition) is 3. The molecule has 3 rings (SSSR count). The molecule has 23 heavy (non-hydrogen) atoms. The second-order valence-corrected chi connectivity index (χ2v) is 6.07. The Hall–Kier alpha value is -2.27. The van der Waals surface area contributed by atoms with Crippen molar-refractivity contribution in [1.82, 2.24) is 14.6 Å². The monoisotopic (exact) mass is 324 g/mol. The van der Waals surface area contributed by atoms with Crippen molar-refractivity contribution in [1.29, 1.82) is 0 Å². The van der Waals surface area contributed by atoms with Crippen LogP contribution in [0.3, 0.4) is 0 Å². The van der Waals surface area contributed by atoms with E-state index in [1.165, 1.54) is 5.56 Å². The second kappa shape index (κ2) is 6.87. The summed E-state index contributed by atoms with van der Waals surface area (Å²) in [6.07, 6.45) is 4.99. The smallest absolute Gasteiger partial charge is 0.157 e. The van der Waals surface area contributed by atoms with Gasteiger partial charge in [0.05, 0.1) is 6.20 Å². The molecule has 0 saturated heterocycles. The molecule has 0 radical (unpaired) electrons. The average Bonchev–Trinajstić information content (AvgIpc) is 3.02. The maximum absolute atomic E-state index is 5.54. The van der Waals surface area contributed by atoms with Gasteiger partial charge in [-0.15, -0.1) is 0 Å². The Morgan fingerprint density at radius 1 is 1.22 bits per heavy atom. The first-order valence-corrected chi connectivity index (χ1v) is 8.30. The molecule has 4 nitrogen and oxygen atoms in total. The molecular formula is C18H20N4S. The first kappa shape index (κ1) is 15.6. The molecule has 0 aliphatic heterocycles. The van der Waals surface area contributed by atoms with E-state index in [1.54, 1.807) is 10.7 Å². The number of anilines is 1. The number of hydrogen-bond donors (Lipinski definition) is 1. The van der Waals surface area contributed by atoms with Crippen molar-refractivity contribution in [2.24, 2.45) is 0 Å². The van der Waals surface area contributed by atoms with Gasteiger partial charge in [0, 0.05) is 23.4 Å². The van der Waals surface area contributed by atoms with E-state index in [-0.39, 0.29) is 0 Å². The lowest BCUT2D eigenvalue weighted by atomic mass is 10.1. The van der Waals surface area contributed by atoms with Gasteiger partial charge in [-0.1, -0.05) is 55.4 Å². The Morgan fingerprint density at radius 2 is 2.00 bits per heavy atom. The van der Waals surface area contributed by atoms with Gasteiger partial charge in [0.1, 0.15) is 10.8 Å². The van der Waals surface area contributed by atoms with Crippen LogP contribution in [0.25, 0.3) is 5.65 Å². The zero-order chi connectivity index (χ0) is 16.2. The summed E-state index contributed by atoms with van der Waals surface area (Å²) in [5.41, 5.74) is 4.12. The molecule has 0 aliphatic rings. The fourth-order valence-electron chi connectivity index (χ4n) is 2.43. The summed E-state index contributed by atoms with van der Waals surface area (Å²) in [7, 11) is 0. The normalized spacial score (nSPS) is 10.9. The number of aryl methyl sites for hydroxylation is 2. The molecule has 2 aromatic heterocycles. The molecule has 1 aromatic carbocycles. The van der Waals surface area contributed by atoms with E-state index in [9.17, 15) is 0 Å². The summed E-state index contributed by atoms with van der Waals surface area (Å²) in [5, 5.41) is 7.65. The third kappa shape index (κ3) is 3.56. The zero-order valence-corrected chi connectivity index (χ0v) is 14.2. The molecule has 118 valence electrons. The standard InChI is InChI=1S/C18H20N4S/c1-3-4-5-15-12-17(22-16(20-15)10-11-19-22)21-18(23)14-8-6-13(2)7-9-14/h6-12H,3-5H2,1-2H3,(H,21,23). The highest BCUT2D eigenvalue weighted by Gasteiger charge is 2.09. The van der Waals surface area contributed by atoms with E-state index < -0.39 is 0 Å². The molecule has 0 fully saturated rings. The minimum absolute atomic E-state index is 0.689. The van der Waals surface area contributed by atoms with Gasteiger partial charge in [-0.05, 0) is 19.8 Å². The molecule has 2 heterocycles. The van der Waals surface area contributed by atoms with E-state index in [4.69, 9.17) is 12.2 Å². The van der Waals surface area contributed by atoms with Gasteiger partial charge in [0.25, 0.3) is 0 Å². The highest BCUT2D eigenvalue weighted by Crippen LogP contribution is 2.16. The molecule has 0 bridgehead atoms. The first-order chi connectivity index (χ1) is 11.2. The molecule has 3 aromatic rings. The molecule has 0 unspecified atom stereocenters. The lowest BCUT2D eigenvalue weighted by Crippen LogP contribution is -2.14. The summed E-state index contributed by atoms with van der Waals surface area (Å²) in [4.78, 5) is 5.33. The van der Waals surface area contributed by atoms with E-state index in [0.717, 1.165) is 42.0 Å². The van der Waals surface area contributed by atoms with Crippen LogP contribution in [0.4, 0.5) is 5.82 Å². The van der Waals surface area contributed by atoms with Gasteiger partial charge in [0.2, 0.25) is 0 Å². The number of aromatic nitrogens is 3. The SMILES string of the molecule is CCCCc1cc(NC(=S)c2ccc(C)cc2)n2nccc2n1. The minimum Gasteiger partial charge on any atom is -0.331 e. The number of rotatable bonds is 5. The third-order valence-electron chi connectivity index (χ3n) is 3.75. The quantitative estimate of drug-likeness (QED) is 0.715. The Kier molecular flexibility index (Phi) is 4.67. The van der Waals surface area contributed by atoms with Gasteiger partial charge in [-0.25, -0.2) is 4.98 Å². The molecular weight excluding hydrogens is 304 g/mol. The Morgan fingerprint density at radius 3 is 2.74 bits per heavy atom. The van der Waals surface area contributed by atoms with Crippen LogP contribution in [-0.4, -0.2) is 19.6 Å². The van der Waals surface area contributed by atoms with Gasteiger partial charge < -0.3 is 5.32 Å².